The van der Waals surface area contributed by atoms with Crippen molar-refractivity contribution in [3.05, 3.63) is 53.2 Å². The summed E-state index contributed by atoms with van der Waals surface area (Å²) in [4.78, 5) is 34.3. The van der Waals surface area contributed by atoms with Gasteiger partial charge in [-0.05, 0) is 62.6 Å². The smallest absolute Gasteiger partial charge is 0.263 e. The highest BCUT2D eigenvalue weighted by molar-refractivity contribution is 7.21. The lowest BCUT2D eigenvalue weighted by atomic mass is 9.80. The van der Waals surface area contributed by atoms with Gasteiger partial charge in [-0.1, -0.05) is 6.42 Å². The summed E-state index contributed by atoms with van der Waals surface area (Å²) >= 11 is 1.52. The molecule has 1 aromatic carbocycles. The number of hydrogen-bond donors (Lipinski definition) is 2. The normalized spacial score (nSPS) is 22.6. The number of pyridine rings is 2. The lowest BCUT2D eigenvalue weighted by Gasteiger charge is -2.25. The molecule has 172 valence electrons. The van der Waals surface area contributed by atoms with Gasteiger partial charge < -0.3 is 15.4 Å². The van der Waals surface area contributed by atoms with Crippen molar-refractivity contribution >= 4 is 50.2 Å². The second kappa shape index (κ2) is 8.47. The summed E-state index contributed by atoms with van der Waals surface area (Å²) in [6, 6.07) is 12.5. The topological polar surface area (TPSA) is 84.0 Å². The number of nitrogens with zero attached hydrogens (tertiary/aromatic N) is 2. The molecule has 1 aliphatic heterocycles. The molecule has 0 saturated heterocycles. The first kappa shape index (κ1) is 21.2. The highest BCUT2D eigenvalue weighted by Crippen LogP contribution is 2.41. The van der Waals surface area contributed by atoms with E-state index >= 15 is 0 Å². The van der Waals surface area contributed by atoms with E-state index in [1.165, 1.54) is 11.3 Å². The van der Waals surface area contributed by atoms with Crippen molar-refractivity contribution in [1.82, 2.24) is 15.3 Å². The molecule has 1 amide bonds. The van der Waals surface area contributed by atoms with E-state index in [1.807, 2.05) is 25.3 Å². The number of anilines is 1. The fraction of sp³-hybridized carbons (Fsp3) is 0.333. The third-order valence-corrected chi connectivity index (χ3v) is 8.25. The van der Waals surface area contributed by atoms with Crippen LogP contribution in [0.4, 0.5) is 5.69 Å². The Morgan fingerprint density at radius 2 is 2.03 bits per heavy atom. The molecular weight excluding hydrogens is 444 g/mol. The summed E-state index contributed by atoms with van der Waals surface area (Å²) in [5.41, 5.74) is 4.73. The van der Waals surface area contributed by atoms with Crippen LogP contribution in [-0.2, 0) is 4.79 Å². The van der Waals surface area contributed by atoms with Gasteiger partial charge in [0.2, 0.25) is 0 Å². The minimum absolute atomic E-state index is 0.0185. The quantitative estimate of drug-likeness (QED) is 0.385. The number of nitrogens with one attached hydrogen (secondary N) is 2. The second-order valence-electron chi connectivity index (χ2n) is 9.49. The SMILES string of the molecule is C[C@@H]1CNc2c(sc3ccc4nc(-c5ccc([C@@H]6CCCC(C=O)C6)nc5)ccc4c23)C(=O)N1. The maximum Gasteiger partial charge on any atom is 0.263 e. The fourth-order valence-electron chi connectivity index (χ4n) is 5.30. The molecule has 0 spiro atoms. The van der Waals surface area contributed by atoms with Gasteiger partial charge in [0, 0.05) is 57.3 Å². The third kappa shape index (κ3) is 3.64. The highest BCUT2D eigenvalue weighted by Gasteiger charge is 2.25. The monoisotopic (exact) mass is 470 g/mol. The minimum atomic E-state index is -0.0185. The van der Waals surface area contributed by atoms with Crippen molar-refractivity contribution < 1.29 is 9.59 Å². The Morgan fingerprint density at radius 1 is 1.12 bits per heavy atom. The molecular formula is C27H26N4O2S. The molecule has 3 aromatic heterocycles. The first-order valence-corrected chi connectivity index (χ1v) is 12.7. The maximum atomic E-state index is 12.7. The van der Waals surface area contributed by atoms with Crippen LogP contribution >= 0.6 is 11.3 Å². The number of carbonyl (C=O) groups excluding carboxylic acids is 2. The lowest BCUT2D eigenvalue weighted by Crippen LogP contribution is -2.34. The summed E-state index contributed by atoms with van der Waals surface area (Å²) in [5.74, 6) is 0.502. The van der Waals surface area contributed by atoms with Crippen LogP contribution < -0.4 is 10.6 Å². The Labute approximate surface area is 201 Å². The van der Waals surface area contributed by atoms with Gasteiger partial charge >= 0.3 is 0 Å². The summed E-state index contributed by atoms with van der Waals surface area (Å²) in [6.07, 6.45) is 7.08. The molecule has 1 fully saturated rings. The molecule has 2 N–H and O–H groups in total. The van der Waals surface area contributed by atoms with E-state index in [0.29, 0.717) is 12.5 Å². The summed E-state index contributed by atoms with van der Waals surface area (Å²) in [5, 5.41) is 8.63. The van der Waals surface area contributed by atoms with Crippen LogP contribution in [0.3, 0.4) is 0 Å². The molecule has 1 unspecified atom stereocenters. The number of hydrogen-bond acceptors (Lipinski definition) is 6. The number of carbonyl (C=O) groups is 2. The zero-order valence-electron chi connectivity index (χ0n) is 19.0. The van der Waals surface area contributed by atoms with E-state index in [0.717, 1.165) is 80.5 Å². The third-order valence-electron chi connectivity index (χ3n) is 7.10. The average Bonchev–Trinajstić information content (AvgIpc) is 3.20. The van der Waals surface area contributed by atoms with Gasteiger partial charge in [0.05, 0.1) is 16.9 Å². The van der Waals surface area contributed by atoms with Crippen molar-refractivity contribution in [3.63, 3.8) is 0 Å². The molecule has 1 aliphatic carbocycles. The van der Waals surface area contributed by atoms with Crippen LogP contribution in [0, 0.1) is 5.92 Å². The Morgan fingerprint density at radius 3 is 2.85 bits per heavy atom. The molecule has 0 bridgehead atoms. The van der Waals surface area contributed by atoms with Crippen molar-refractivity contribution in [2.24, 2.45) is 5.92 Å². The van der Waals surface area contributed by atoms with Crippen LogP contribution in [0.5, 0.6) is 0 Å². The predicted molar refractivity (Wildman–Crippen MR) is 137 cm³/mol. The predicted octanol–water partition coefficient (Wildman–Crippen LogP) is 5.53. The van der Waals surface area contributed by atoms with E-state index in [4.69, 9.17) is 9.97 Å². The van der Waals surface area contributed by atoms with Gasteiger partial charge in [0.25, 0.3) is 5.91 Å². The minimum Gasteiger partial charge on any atom is -0.381 e. The number of rotatable bonds is 3. The van der Waals surface area contributed by atoms with E-state index < -0.39 is 0 Å². The van der Waals surface area contributed by atoms with Crippen LogP contribution in [0.15, 0.2) is 42.6 Å². The van der Waals surface area contributed by atoms with Gasteiger partial charge in [-0.3, -0.25) is 9.78 Å². The van der Waals surface area contributed by atoms with Gasteiger partial charge in [-0.25, -0.2) is 4.98 Å². The van der Waals surface area contributed by atoms with Gasteiger partial charge in [0.1, 0.15) is 11.2 Å². The van der Waals surface area contributed by atoms with Crippen LogP contribution in [0.2, 0.25) is 0 Å². The van der Waals surface area contributed by atoms with Crippen LogP contribution in [-0.4, -0.2) is 34.7 Å². The number of aromatic nitrogens is 2. The van der Waals surface area contributed by atoms with Crippen molar-refractivity contribution in [2.75, 3.05) is 11.9 Å². The largest absolute Gasteiger partial charge is 0.381 e. The van der Waals surface area contributed by atoms with Crippen molar-refractivity contribution in [1.29, 1.82) is 0 Å². The zero-order chi connectivity index (χ0) is 23.2. The standard InChI is InChI=1S/C27H26N4O2S/c1-15-12-29-25-24-19-6-8-21(31-22(19)9-10-23(24)34-26(25)27(33)30-15)18-5-7-20(28-13-18)17-4-2-3-16(11-17)14-32/h5-10,13-17,29H,2-4,11-12H2,1H3,(H,30,33)/t15-,16?,17-/m1/s1. The number of amides is 1. The van der Waals surface area contributed by atoms with Gasteiger partial charge in [-0.15, -0.1) is 11.3 Å². The molecule has 4 heterocycles. The Balaban J connectivity index is 1.35. The van der Waals surface area contributed by atoms with Crippen molar-refractivity contribution in [2.45, 2.75) is 44.6 Å². The van der Waals surface area contributed by atoms with Crippen LogP contribution in [0.25, 0.3) is 32.2 Å². The summed E-state index contributed by atoms with van der Waals surface area (Å²) in [7, 11) is 0. The van der Waals surface area contributed by atoms with Gasteiger partial charge in [-0.2, -0.15) is 0 Å². The summed E-state index contributed by atoms with van der Waals surface area (Å²) in [6.45, 7) is 2.70. The molecule has 2 aliphatic rings. The second-order valence-corrected chi connectivity index (χ2v) is 10.5. The molecule has 3 atom stereocenters. The Hall–Kier alpha value is -3.32. The molecule has 6 rings (SSSR count). The number of aldehydes is 1. The number of benzene rings is 1. The average molecular weight is 471 g/mol. The first-order chi connectivity index (χ1) is 16.6. The molecule has 7 heteroatoms. The fourth-order valence-corrected chi connectivity index (χ4v) is 6.40. The maximum absolute atomic E-state index is 12.7. The lowest BCUT2D eigenvalue weighted by molar-refractivity contribution is -0.112. The molecule has 4 aromatic rings. The molecule has 0 radical (unpaired) electrons. The molecule has 6 nitrogen and oxygen atoms in total. The van der Waals surface area contributed by atoms with E-state index in [-0.39, 0.29) is 17.9 Å². The van der Waals surface area contributed by atoms with Gasteiger partial charge in [0.15, 0.2) is 0 Å². The van der Waals surface area contributed by atoms with E-state index in [1.54, 1.807) is 0 Å². The number of thiophene rings is 1. The van der Waals surface area contributed by atoms with Crippen LogP contribution in [0.1, 0.15) is 53.9 Å². The Bertz CT molecular complexity index is 1410. The first-order valence-electron chi connectivity index (χ1n) is 11.9. The zero-order valence-corrected chi connectivity index (χ0v) is 19.8. The molecule has 1 saturated carbocycles. The molecule has 34 heavy (non-hydrogen) atoms. The van der Waals surface area contributed by atoms with Crippen molar-refractivity contribution in [3.8, 4) is 11.3 Å². The van der Waals surface area contributed by atoms with E-state index in [9.17, 15) is 9.59 Å². The summed E-state index contributed by atoms with van der Waals surface area (Å²) < 4.78 is 1.08. The highest BCUT2D eigenvalue weighted by atomic mass is 32.1. The number of fused-ring (bicyclic) bond motifs is 5. The Kier molecular flexibility index (Phi) is 5.29. The van der Waals surface area contributed by atoms with E-state index in [2.05, 4.69) is 34.9 Å².